The van der Waals surface area contributed by atoms with E-state index in [1.807, 2.05) is 25.3 Å². The Morgan fingerprint density at radius 3 is 2.45 bits per heavy atom. The average molecular weight is 421 g/mol. The van der Waals surface area contributed by atoms with Crippen LogP contribution in [0.25, 0.3) is 11.5 Å². The first-order valence-electron chi connectivity index (χ1n) is 10.9. The molecule has 0 saturated carbocycles. The van der Waals surface area contributed by atoms with Gasteiger partial charge in [-0.1, -0.05) is 23.8 Å². The van der Waals surface area contributed by atoms with Crippen LogP contribution in [0.3, 0.4) is 0 Å². The maximum atomic E-state index is 5.64. The van der Waals surface area contributed by atoms with Crippen molar-refractivity contribution in [2.24, 2.45) is 4.99 Å². The van der Waals surface area contributed by atoms with Crippen molar-refractivity contribution in [2.45, 2.75) is 40.8 Å². The summed E-state index contributed by atoms with van der Waals surface area (Å²) in [6, 6.07) is 12.3. The number of aromatic nitrogens is 2. The van der Waals surface area contributed by atoms with E-state index >= 15 is 0 Å². The van der Waals surface area contributed by atoms with Crippen LogP contribution in [0.4, 0.5) is 5.82 Å². The Bertz CT molecular complexity index is 958. The van der Waals surface area contributed by atoms with E-state index in [0.717, 1.165) is 48.2 Å². The number of hydrogen-bond donors (Lipinski definition) is 2. The highest BCUT2D eigenvalue weighted by Gasteiger charge is 2.08. The minimum absolute atomic E-state index is 0.528. The summed E-state index contributed by atoms with van der Waals surface area (Å²) >= 11 is 0. The fourth-order valence-electron chi connectivity index (χ4n) is 3.15. The number of nitrogens with one attached hydrogen (secondary N) is 2. The lowest BCUT2D eigenvalue weighted by atomic mass is 10.1. The summed E-state index contributed by atoms with van der Waals surface area (Å²) in [6.45, 7) is 12.1. The van der Waals surface area contributed by atoms with Gasteiger partial charge >= 0.3 is 0 Å². The average Bonchev–Trinajstić information content (AvgIpc) is 3.27. The molecule has 2 N–H and O–H groups in total. The van der Waals surface area contributed by atoms with Gasteiger partial charge in [0.05, 0.1) is 18.8 Å². The molecule has 7 heteroatoms. The predicted molar refractivity (Wildman–Crippen MR) is 126 cm³/mol. The van der Waals surface area contributed by atoms with Gasteiger partial charge in [0.1, 0.15) is 12.1 Å². The molecule has 0 saturated heterocycles. The first-order chi connectivity index (χ1) is 15.1. The maximum Gasteiger partial charge on any atom is 0.226 e. The molecule has 2 aromatic heterocycles. The smallest absolute Gasteiger partial charge is 0.226 e. The number of aliphatic imine (C=N–C) groups is 1. The minimum atomic E-state index is 0.528. The quantitative estimate of drug-likeness (QED) is 0.400. The Hall–Kier alpha value is -3.35. The second-order valence-electron chi connectivity index (χ2n) is 7.26. The molecular formula is C24H32N6O. The van der Waals surface area contributed by atoms with Crippen LogP contribution in [-0.4, -0.2) is 35.6 Å². The Kier molecular flexibility index (Phi) is 8.04. The molecule has 0 aliphatic carbocycles. The molecule has 0 amide bonds. The molecular weight excluding hydrogens is 388 g/mol. The Morgan fingerprint density at radius 1 is 1.03 bits per heavy atom. The van der Waals surface area contributed by atoms with E-state index < -0.39 is 0 Å². The van der Waals surface area contributed by atoms with Crippen molar-refractivity contribution in [3.05, 3.63) is 65.7 Å². The van der Waals surface area contributed by atoms with Gasteiger partial charge in [-0.3, -0.25) is 0 Å². The van der Waals surface area contributed by atoms with E-state index in [9.17, 15) is 0 Å². The molecule has 164 valence electrons. The number of anilines is 1. The van der Waals surface area contributed by atoms with Crippen LogP contribution in [-0.2, 0) is 13.1 Å². The third kappa shape index (κ3) is 6.31. The lowest BCUT2D eigenvalue weighted by Gasteiger charge is -2.19. The molecule has 7 nitrogen and oxygen atoms in total. The lowest BCUT2D eigenvalue weighted by molar-refractivity contribution is 0.572. The van der Waals surface area contributed by atoms with Crippen molar-refractivity contribution < 1.29 is 4.42 Å². The SMILES string of the molecule is CCNC(=NCc1ccc(N(CC)CC)nc1)NCc1coc(-c2ccc(C)cc2)n1. The van der Waals surface area contributed by atoms with Crippen LogP contribution in [0.1, 0.15) is 37.6 Å². The third-order valence-corrected chi connectivity index (χ3v) is 4.95. The van der Waals surface area contributed by atoms with Crippen molar-refractivity contribution in [2.75, 3.05) is 24.5 Å². The van der Waals surface area contributed by atoms with Gasteiger partial charge in [-0.2, -0.15) is 0 Å². The molecule has 0 aliphatic rings. The Labute approximate surface area is 184 Å². The largest absolute Gasteiger partial charge is 0.444 e. The van der Waals surface area contributed by atoms with Crippen molar-refractivity contribution >= 4 is 11.8 Å². The number of oxazole rings is 1. The van der Waals surface area contributed by atoms with Crippen LogP contribution >= 0.6 is 0 Å². The van der Waals surface area contributed by atoms with Crippen LogP contribution in [0, 0.1) is 6.92 Å². The summed E-state index contributed by atoms with van der Waals surface area (Å²) in [5, 5.41) is 6.58. The zero-order valence-electron chi connectivity index (χ0n) is 18.9. The molecule has 0 bridgehead atoms. The van der Waals surface area contributed by atoms with E-state index in [1.54, 1.807) is 6.26 Å². The molecule has 1 aromatic carbocycles. The summed E-state index contributed by atoms with van der Waals surface area (Å²) in [6.07, 6.45) is 3.58. The summed E-state index contributed by atoms with van der Waals surface area (Å²) in [5.74, 6) is 2.35. The Balaban J connectivity index is 1.59. The van der Waals surface area contributed by atoms with Crippen LogP contribution in [0.15, 0.2) is 58.3 Å². The summed E-state index contributed by atoms with van der Waals surface area (Å²) in [7, 11) is 0. The van der Waals surface area contributed by atoms with Crippen molar-refractivity contribution in [3.8, 4) is 11.5 Å². The van der Waals surface area contributed by atoms with E-state index in [0.29, 0.717) is 19.0 Å². The zero-order chi connectivity index (χ0) is 22.1. The fourth-order valence-corrected chi connectivity index (χ4v) is 3.15. The minimum Gasteiger partial charge on any atom is -0.444 e. The van der Waals surface area contributed by atoms with Crippen LogP contribution < -0.4 is 15.5 Å². The molecule has 0 atom stereocenters. The number of aryl methyl sites for hydroxylation is 1. The number of nitrogens with zero attached hydrogens (tertiary/aromatic N) is 4. The van der Waals surface area contributed by atoms with Crippen LogP contribution in [0.5, 0.6) is 0 Å². The molecule has 3 aromatic rings. The summed E-state index contributed by atoms with van der Waals surface area (Å²) < 4.78 is 5.64. The highest BCUT2D eigenvalue weighted by atomic mass is 16.3. The first kappa shape index (κ1) is 22.3. The molecule has 3 rings (SSSR count). The van der Waals surface area contributed by atoms with Gasteiger partial charge in [-0.05, 0) is 51.5 Å². The van der Waals surface area contributed by atoms with Gasteiger partial charge in [0.2, 0.25) is 5.89 Å². The highest BCUT2D eigenvalue weighted by Crippen LogP contribution is 2.19. The second-order valence-corrected chi connectivity index (χ2v) is 7.26. The van der Waals surface area contributed by atoms with E-state index in [2.05, 4.69) is 75.5 Å². The van der Waals surface area contributed by atoms with E-state index in [-0.39, 0.29) is 0 Å². The van der Waals surface area contributed by atoms with Crippen molar-refractivity contribution in [1.82, 2.24) is 20.6 Å². The maximum absolute atomic E-state index is 5.64. The van der Waals surface area contributed by atoms with Gasteiger partial charge in [0, 0.05) is 31.4 Å². The fraction of sp³-hybridized carbons (Fsp3) is 0.375. The number of rotatable bonds is 9. The van der Waals surface area contributed by atoms with Crippen molar-refractivity contribution in [1.29, 1.82) is 0 Å². The highest BCUT2D eigenvalue weighted by molar-refractivity contribution is 5.79. The molecule has 0 fully saturated rings. The van der Waals surface area contributed by atoms with Gasteiger partial charge in [0.25, 0.3) is 0 Å². The van der Waals surface area contributed by atoms with Gasteiger partial charge in [-0.25, -0.2) is 15.0 Å². The summed E-state index contributed by atoms with van der Waals surface area (Å²) in [4.78, 5) is 16.0. The molecule has 2 heterocycles. The normalized spacial score (nSPS) is 11.4. The molecule has 0 unspecified atom stereocenters. The second kappa shape index (κ2) is 11.2. The summed E-state index contributed by atoms with van der Waals surface area (Å²) in [5.41, 5.74) is 4.07. The predicted octanol–water partition coefficient (Wildman–Crippen LogP) is 4.15. The molecule has 31 heavy (non-hydrogen) atoms. The standard InChI is InChI=1S/C24H32N6O/c1-5-25-24(27-15-19-10-13-22(26-14-19)30(6-2)7-3)28-16-21-17-31-23(29-21)20-11-8-18(4)9-12-20/h8-14,17H,5-7,15-16H2,1-4H3,(H2,25,27,28). The topological polar surface area (TPSA) is 78.6 Å². The molecule has 0 aliphatic heterocycles. The number of pyridine rings is 1. The molecule has 0 spiro atoms. The van der Waals surface area contributed by atoms with E-state index in [1.165, 1.54) is 5.56 Å². The zero-order valence-corrected chi connectivity index (χ0v) is 18.9. The third-order valence-electron chi connectivity index (χ3n) is 4.95. The monoisotopic (exact) mass is 420 g/mol. The van der Waals surface area contributed by atoms with Gasteiger partial charge < -0.3 is 20.0 Å². The molecule has 0 radical (unpaired) electrons. The van der Waals surface area contributed by atoms with E-state index in [4.69, 9.17) is 4.42 Å². The lowest BCUT2D eigenvalue weighted by Crippen LogP contribution is -2.36. The van der Waals surface area contributed by atoms with Gasteiger partial charge in [0.15, 0.2) is 5.96 Å². The van der Waals surface area contributed by atoms with Gasteiger partial charge in [-0.15, -0.1) is 0 Å². The number of guanidine groups is 1. The number of hydrogen-bond acceptors (Lipinski definition) is 5. The van der Waals surface area contributed by atoms with Crippen molar-refractivity contribution in [3.63, 3.8) is 0 Å². The van der Waals surface area contributed by atoms with Crippen LogP contribution in [0.2, 0.25) is 0 Å². The Morgan fingerprint density at radius 2 is 1.81 bits per heavy atom. The first-order valence-corrected chi connectivity index (χ1v) is 10.9. The number of benzene rings is 1.